The molecule has 4 nitrogen and oxygen atoms in total. The Balaban J connectivity index is 3.13. The van der Waals surface area contributed by atoms with Crippen LogP contribution in [0.25, 0.3) is 0 Å². The summed E-state index contributed by atoms with van der Waals surface area (Å²) in [5.41, 5.74) is 12.6. The first-order valence-corrected chi connectivity index (χ1v) is 4.73. The quantitative estimate of drug-likeness (QED) is 0.769. The lowest BCUT2D eigenvalue weighted by Crippen LogP contribution is -2.10. The molecular weight excluding hydrogens is 214 g/mol. The van der Waals surface area contributed by atoms with Gasteiger partial charge in [0.05, 0.1) is 25.3 Å². The summed E-state index contributed by atoms with van der Waals surface area (Å²) < 4.78 is 5.05. The van der Waals surface area contributed by atoms with Gasteiger partial charge in [-0.3, -0.25) is 0 Å². The molecule has 0 aromatic heterocycles. The van der Waals surface area contributed by atoms with E-state index in [-0.39, 0.29) is 6.42 Å². The van der Waals surface area contributed by atoms with Gasteiger partial charge >= 0.3 is 0 Å². The number of nitrogen functional groups attached to an aromatic ring is 1. The minimum atomic E-state index is -0.419. The number of ether oxygens (including phenoxy) is 1. The Morgan fingerprint density at radius 3 is 2.80 bits per heavy atom. The van der Waals surface area contributed by atoms with Crippen LogP contribution >= 0.6 is 11.6 Å². The van der Waals surface area contributed by atoms with Crippen LogP contribution in [0.15, 0.2) is 12.1 Å². The highest BCUT2D eigenvalue weighted by molar-refractivity contribution is 6.31. The van der Waals surface area contributed by atoms with Gasteiger partial charge in [-0.1, -0.05) is 11.6 Å². The van der Waals surface area contributed by atoms with Crippen molar-refractivity contribution >= 4 is 17.3 Å². The predicted molar refractivity (Wildman–Crippen MR) is 59.6 cm³/mol. The lowest BCUT2D eigenvalue weighted by Gasteiger charge is -2.13. The lowest BCUT2D eigenvalue weighted by atomic mass is 10.0. The van der Waals surface area contributed by atoms with Gasteiger partial charge in [0.25, 0.3) is 0 Å². The summed E-state index contributed by atoms with van der Waals surface area (Å²) in [6.45, 7) is 0. The van der Waals surface area contributed by atoms with E-state index in [0.29, 0.717) is 22.0 Å². The SMILES string of the molecule is COc1cc([C@@H](N)CC#N)c(Cl)cc1N. The Labute approximate surface area is 93.4 Å². The number of rotatable bonds is 3. The fourth-order valence-corrected chi connectivity index (χ4v) is 1.57. The minimum Gasteiger partial charge on any atom is -0.495 e. The molecule has 0 radical (unpaired) electrons. The van der Waals surface area contributed by atoms with Gasteiger partial charge in [-0.25, -0.2) is 0 Å². The number of benzene rings is 1. The maximum Gasteiger partial charge on any atom is 0.142 e. The highest BCUT2D eigenvalue weighted by atomic mass is 35.5. The molecule has 0 aliphatic rings. The van der Waals surface area contributed by atoms with Crippen molar-refractivity contribution in [3.8, 4) is 11.8 Å². The van der Waals surface area contributed by atoms with E-state index in [1.807, 2.05) is 6.07 Å². The Morgan fingerprint density at radius 2 is 2.27 bits per heavy atom. The van der Waals surface area contributed by atoms with Crippen molar-refractivity contribution in [3.63, 3.8) is 0 Å². The molecular formula is C10H12ClN3O. The normalized spacial score (nSPS) is 11.9. The second-order valence-corrected chi connectivity index (χ2v) is 3.49. The molecule has 0 saturated heterocycles. The van der Waals surface area contributed by atoms with Gasteiger partial charge in [-0.2, -0.15) is 5.26 Å². The number of nitrogens with zero attached hydrogens (tertiary/aromatic N) is 1. The number of halogens is 1. The van der Waals surface area contributed by atoms with Crippen molar-refractivity contribution in [2.75, 3.05) is 12.8 Å². The second-order valence-electron chi connectivity index (χ2n) is 3.08. The first-order chi connectivity index (χ1) is 7.10. The van der Waals surface area contributed by atoms with E-state index in [4.69, 9.17) is 33.1 Å². The molecule has 1 aromatic rings. The monoisotopic (exact) mass is 225 g/mol. The first kappa shape index (κ1) is 11.6. The van der Waals surface area contributed by atoms with Gasteiger partial charge in [0.2, 0.25) is 0 Å². The van der Waals surface area contributed by atoms with Crippen LogP contribution in [0.5, 0.6) is 5.75 Å². The number of anilines is 1. The highest BCUT2D eigenvalue weighted by Gasteiger charge is 2.13. The predicted octanol–water partition coefficient (Wildman–Crippen LogP) is 1.84. The zero-order valence-corrected chi connectivity index (χ0v) is 9.08. The molecule has 15 heavy (non-hydrogen) atoms. The Kier molecular flexibility index (Phi) is 3.78. The van der Waals surface area contributed by atoms with E-state index in [1.165, 1.54) is 7.11 Å². The van der Waals surface area contributed by atoms with Crippen molar-refractivity contribution in [1.29, 1.82) is 5.26 Å². The van der Waals surface area contributed by atoms with Crippen LogP contribution in [0.1, 0.15) is 18.0 Å². The van der Waals surface area contributed by atoms with E-state index in [0.717, 1.165) is 0 Å². The standard InChI is InChI=1S/C10H12ClN3O/c1-15-10-4-6(8(13)2-3-12)7(11)5-9(10)14/h4-5,8H,2,13-14H2,1H3/t8-/m0/s1. The van der Waals surface area contributed by atoms with E-state index in [9.17, 15) is 0 Å². The summed E-state index contributed by atoms with van der Waals surface area (Å²) in [6.07, 6.45) is 0.201. The van der Waals surface area contributed by atoms with Crippen LogP contribution in [0.3, 0.4) is 0 Å². The number of hydrogen-bond donors (Lipinski definition) is 2. The van der Waals surface area contributed by atoms with Crippen molar-refractivity contribution in [2.45, 2.75) is 12.5 Å². The number of methoxy groups -OCH3 is 1. The fourth-order valence-electron chi connectivity index (χ4n) is 1.25. The van der Waals surface area contributed by atoms with Crippen LogP contribution in [0.2, 0.25) is 5.02 Å². The third-order valence-corrected chi connectivity index (χ3v) is 2.39. The summed E-state index contributed by atoms with van der Waals surface area (Å²) in [5.74, 6) is 0.516. The molecule has 0 spiro atoms. The number of nitrogens with two attached hydrogens (primary N) is 2. The van der Waals surface area contributed by atoms with Gasteiger partial charge in [-0.05, 0) is 17.7 Å². The topological polar surface area (TPSA) is 85.1 Å². The molecule has 1 aromatic carbocycles. The third-order valence-electron chi connectivity index (χ3n) is 2.06. The van der Waals surface area contributed by atoms with E-state index in [2.05, 4.69) is 0 Å². The number of hydrogen-bond acceptors (Lipinski definition) is 4. The average molecular weight is 226 g/mol. The summed E-state index contributed by atoms with van der Waals surface area (Å²) in [6, 6.07) is 4.81. The molecule has 0 fully saturated rings. The molecule has 0 saturated carbocycles. The van der Waals surface area contributed by atoms with Gasteiger partial charge in [-0.15, -0.1) is 0 Å². The lowest BCUT2D eigenvalue weighted by molar-refractivity contribution is 0.416. The van der Waals surface area contributed by atoms with Gasteiger partial charge in [0, 0.05) is 11.1 Å². The van der Waals surface area contributed by atoms with Crippen LogP contribution in [0.4, 0.5) is 5.69 Å². The molecule has 0 unspecified atom stereocenters. The zero-order valence-electron chi connectivity index (χ0n) is 8.33. The molecule has 1 atom stereocenters. The Morgan fingerprint density at radius 1 is 1.60 bits per heavy atom. The summed E-state index contributed by atoms with van der Waals surface area (Å²) in [4.78, 5) is 0. The van der Waals surface area contributed by atoms with Gasteiger partial charge in [0.1, 0.15) is 5.75 Å². The van der Waals surface area contributed by atoms with Crippen molar-refractivity contribution in [1.82, 2.24) is 0 Å². The molecule has 80 valence electrons. The molecule has 1 rings (SSSR count). The first-order valence-electron chi connectivity index (χ1n) is 4.35. The molecule has 0 aliphatic carbocycles. The Bertz CT molecular complexity index is 400. The fraction of sp³-hybridized carbons (Fsp3) is 0.300. The van der Waals surface area contributed by atoms with Gasteiger partial charge < -0.3 is 16.2 Å². The largest absolute Gasteiger partial charge is 0.495 e. The average Bonchev–Trinajstić information content (AvgIpc) is 2.18. The van der Waals surface area contributed by atoms with Crippen LogP contribution < -0.4 is 16.2 Å². The van der Waals surface area contributed by atoms with Crippen molar-refractivity contribution < 1.29 is 4.74 Å². The smallest absolute Gasteiger partial charge is 0.142 e. The molecule has 0 bridgehead atoms. The van der Waals surface area contributed by atoms with Crippen molar-refractivity contribution in [2.24, 2.45) is 5.73 Å². The summed E-state index contributed by atoms with van der Waals surface area (Å²) in [7, 11) is 1.51. The second kappa shape index (κ2) is 4.87. The molecule has 0 aliphatic heterocycles. The Hall–Kier alpha value is -1.44. The summed E-state index contributed by atoms with van der Waals surface area (Å²) in [5, 5.41) is 9.00. The van der Waals surface area contributed by atoms with Gasteiger partial charge in [0.15, 0.2) is 0 Å². The molecule has 5 heteroatoms. The molecule has 0 heterocycles. The van der Waals surface area contributed by atoms with E-state index in [1.54, 1.807) is 12.1 Å². The maximum atomic E-state index is 8.54. The van der Waals surface area contributed by atoms with Crippen LogP contribution in [-0.4, -0.2) is 7.11 Å². The molecule has 0 amide bonds. The van der Waals surface area contributed by atoms with Crippen LogP contribution in [-0.2, 0) is 0 Å². The molecule has 4 N–H and O–H groups in total. The highest BCUT2D eigenvalue weighted by Crippen LogP contribution is 2.32. The van der Waals surface area contributed by atoms with E-state index < -0.39 is 6.04 Å². The van der Waals surface area contributed by atoms with E-state index >= 15 is 0 Å². The number of nitriles is 1. The maximum absolute atomic E-state index is 8.54. The minimum absolute atomic E-state index is 0.201. The van der Waals surface area contributed by atoms with Crippen molar-refractivity contribution in [3.05, 3.63) is 22.7 Å². The third kappa shape index (κ3) is 2.52. The summed E-state index contributed by atoms with van der Waals surface area (Å²) >= 11 is 5.96. The zero-order chi connectivity index (χ0) is 11.4. The van der Waals surface area contributed by atoms with Crippen LogP contribution in [0, 0.1) is 11.3 Å².